The molecule has 2 rings (SSSR count). The Labute approximate surface area is 136 Å². The number of nitrogens with one attached hydrogen (secondary N) is 3. The molecule has 0 aromatic carbocycles. The highest BCUT2D eigenvalue weighted by atomic mass is 79.9. The Kier molecular flexibility index (Phi) is 5.55. The van der Waals surface area contributed by atoms with Gasteiger partial charge in [0.05, 0.1) is 15.2 Å². The van der Waals surface area contributed by atoms with Crippen LogP contribution in [0.15, 0.2) is 20.8 Å². The molecule has 116 valence electrons. The van der Waals surface area contributed by atoms with Gasteiger partial charge in [0.25, 0.3) is 0 Å². The van der Waals surface area contributed by atoms with Crippen LogP contribution in [0.3, 0.4) is 0 Å². The van der Waals surface area contributed by atoms with E-state index < -0.39 is 10.0 Å². The molecular weight excluding hydrogens is 376 g/mol. The van der Waals surface area contributed by atoms with Gasteiger partial charge in [-0.1, -0.05) is 0 Å². The molecule has 0 bridgehead atoms. The highest BCUT2D eigenvalue weighted by Gasteiger charge is 2.23. The molecule has 2 aromatic heterocycles. The fourth-order valence-corrected chi connectivity index (χ4v) is 4.85. The van der Waals surface area contributed by atoms with Crippen molar-refractivity contribution in [1.82, 2.24) is 20.2 Å². The Balaban J connectivity index is 2.06. The SMILES string of the molecule is CNCc1n[nH]c(C)c1S(=O)(=O)NCCc1ccc(Br)s1. The third-order valence-electron chi connectivity index (χ3n) is 2.87. The molecule has 0 atom stereocenters. The third kappa shape index (κ3) is 4.13. The highest BCUT2D eigenvalue weighted by Crippen LogP contribution is 2.22. The maximum atomic E-state index is 12.4. The number of thiophene rings is 1. The first-order valence-corrected chi connectivity index (χ1v) is 9.45. The minimum atomic E-state index is -3.55. The molecule has 0 aliphatic carbocycles. The lowest BCUT2D eigenvalue weighted by atomic mass is 10.3. The smallest absolute Gasteiger partial charge is 0.244 e. The lowest BCUT2D eigenvalue weighted by Gasteiger charge is -2.07. The zero-order valence-electron chi connectivity index (χ0n) is 11.7. The second kappa shape index (κ2) is 7.01. The van der Waals surface area contributed by atoms with E-state index in [2.05, 4.69) is 36.2 Å². The lowest BCUT2D eigenvalue weighted by molar-refractivity contribution is 0.579. The molecule has 6 nitrogen and oxygen atoms in total. The molecule has 0 unspecified atom stereocenters. The Morgan fingerprint density at radius 1 is 1.43 bits per heavy atom. The van der Waals surface area contributed by atoms with E-state index in [1.807, 2.05) is 12.1 Å². The van der Waals surface area contributed by atoms with Crippen LogP contribution in [0.1, 0.15) is 16.3 Å². The number of aryl methyl sites for hydroxylation is 1. The summed E-state index contributed by atoms with van der Waals surface area (Å²) in [6.45, 7) is 2.47. The number of hydrogen-bond acceptors (Lipinski definition) is 5. The first kappa shape index (κ1) is 16.6. The number of aromatic nitrogens is 2. The summed E-state index contributed by atoms with van der Waals surface area (Å²) in [5.41, 5.74) is 1.05. The first-order valence-electron chi connectivity index (χ1n) is 6.36. The van der Waals surface area contributed by atoms with E-state index in [1.54, 1.807) is 25.3 Å². The average Bonchev–Trinajstić information content (AvgIpc) is 2.97. The summed E-state index contributed by atoms with van der Waals surface area (Å²) in [6.07, 6.45) is 0.660. The van der Waals surface area contributed by atoms with Crippen LogP contribution in [0.25, 0.3) is 0 Å². The van der Waals surface area contributed by atoms with Crippen molar-refractivity contribution in [3.8, 4) is 0 Å². The van der Waals surface area contributed by atoms with Gasteiger partial charge in [0, 0.05) is 18.0 Å². The highest BCUT2D eigenvalue weighted by molar-refractivity contribution is 9.11. The second-order valence-corrected chi connectivity index (χ2v) is 8.76. The van der Waals surface area contributed by atoms with Crippen molar-refractivity contribution >= 4 is 37.3 Å². The van der Waals surface area contributed by atoms with Crippen LogP contribution < -0.4 is 10.0 Å². The minimum absolute atomic E-state index is 0.240. The minimum Gasteiger partial charge on any atom is -0.314 e. The van der Waals surface area contributed by atoms with Crippen LogP contribution in [0.2, 0.25) is 0 Å². The molecule has 21 heavy (non-hydrogen) atoms. The fraction of sp³-hybridized carbons (Fsp3) is 0.417. The molecule has 0 radical (unpaired) electrons. The van der Waals surface area contributed by atoms with Gasteiger partial charge in [0.15, 0.2) is 0 Å². The van der Waals surface area contributed by atoms with E-state index >= 15 is 0 Å². The van der Waals surface area contributed by atoms with Crippen LogP contribution in [0, 0.1) is 6.92 Å². The zero-order valence-corrected chi connectivity index (χ0v) is 15.0. The van der Waals surface area contributed by atoms with Crippen LogP contribution in [-0.2, 0) is 23.0 Å². The summed E-state index contributed by atoms with van der Waals surface area (Å²) in [5, 5.41) is 9.67. The number of rotatable bonds is 7. The van der Waals surface area contributed by atoms with Crippen molar-refractivity contribution in [3.63, 3.8) is 0 Å². The van der Waals surface area contributed by atoms with E-state index in [0.717, 1.165) is 8.66 Å². The number of H-pyrrole nitrogens is 1. The van der Waals surface area contributed by atoms with Crippen molar-refractivity contribution in [2.24, 2.45) is 0 Å². The van der Waals surface area contributed by atoms with Gasteiger partial charge in [-0.15, -0.1) is 11.3 Å². The molecule has 3 N–H and O–H groups in total. The molecule has 0 aliphatic heterocycles. The van der Waals surface area contributed by atoms with Gasteiger partial charge < -0.3 is 5.32 Å². The van der Waals surface area contributed by atoms with E-state index in [0.29, 0.717) is 30.9 Å². The summed E-state index contributed by atoms with van der Waals surface area (Å²) in [4.78, 5) is 1.37. The van der Waals surface area contributed by atoms with Gasteiger partial charge in [-0.25, -0.2) is 13.1 Å². The summed E-state index contributed by atoms with van der Waals surface area (Å²) in [5.74, 6) is 0. The predicted octanol–water partition coefficient (Wildman–Crippen LogP) is 1.78. The average molecular weight is 393 g/mol. The normalized spacial score (nSPS) is 12.0. The summed E-state index contributed by atoms with van der Waals surface area (Å²) < 4.78 is 28.5. The fourth-order valence-electron chi connectivity index (χ4n) is 1.98. The molecule has 9 heteroatoms. The number of hydrogen-bond donors (Lipinski definition) is 3. The number of nitrogens with zero attached hydrogens (tertiary/aromatic N) is 1. The largest absolute Gasteiger partial charge is 0.314 e. The van der Waals surface area contributed by atoms with E-state index in [9.17, 15) is 8.42 Å². The summed E-state index contributed by atoms with van der Waals surface area (Å²) >= 11 is 5.00. The van der Waals surface area contributed by atoms with Gasteiger partial charge in [-0.05, 0) is 48.5 Å². The monoisotopic (exact) mass is 392 g/mol. The van der Waals surface area contributed by atoms with E-state index in [4.69, 9.17) is 0 Å². The Morgan fingerprint density at radius 2 is 2.19 bits per heavy atom. The quantitative estimate of drug-likeness (QED) is 0.669. The molecule has 0 amide bonds. The Bertz CT molecular complexity index is 709. The first-order chi connectivity index (χ1) is 9.94. The molecule has 2 aromatic rings. The van der Waals surface area contributed by atoms with E-state index in [1.165, 1.54) is 0 Å². The number of aromatic amines is 1. The van der Waals surface area contributed by atoms with Crippen molar-refractivity contribution in [2.45, 2.75) is 24.8 Å². The van der Waals surface area contributed by atoms with Crippen LogP contribution >= 0.6 is 27.3 Å². The predicted molar refractivity (Wildman–Crippen MR) is 87.0 cm³/mol. The van der Waals surface area contributed by atoms with Crippen molar-refractivity contribution in [1.29, 1.82) is 0 Å². The summed E-state index contributed by atoms with van der Waals surface area (Å²) in [7, 11) is -1.80. The van der Waals surface area contributed by atoms with Crippen molar-refractivity contribution in [2.75, 3.05) is 13.6 Å². The van der Waals surface area contributed by atoms with E-state index in [-0.39, 0.29) is 4.90 Å². The molecule has 0 spiro atoms. The summed E-state index contributed by atoms with van der Waals surface area (Å²) in [6, 6.07) is 3.94. The maximum Gasteiger partial charge on any atom is 0.244 e. The molecule has 2 heterocycles. The topological polar surface area (TPSA) is 86.9 Å². The molecule has 0 saturated carbocycles. The number of sulfonamides is 1. The third-order valence-corrected chi connectivity index (χ3v) is 6.21. The van der Waals surface area contributed by atoms with Gasteiger partial charge in [0.2, 0.25) is 10.0 Å². The number of halogens is 1. The molecular formula is C12H17BrN4O2S2. The molecule has 0 aliphatic rings. The van der Waals surface area contributed by atoms with Crippen LogP contribution in [0.4, 0.5) is 0 Å². The zero-order chi connectivity index (χ0) is 15.5. The Morgan fingerprint density at radius 3 is 2.81 bits per heavy atom. The van der Waals surface area contributed by atoms with Gasteiger partial charge in [-0.2, -0.15) is 5.10 Å². The molecule has 0 saturated heterocycles. The lowest BCUT2D eigenvalue weighted by Crippen LogP contribution is -2.27. The standard InChI is InChI=1S/C12H17BrN4O2S2/c1-8-12(10(7-14-2)17-16-8)21(18,19)15-6-5-9-3-4-11(13)20-9/h3-4,14-15H,5-7H2,1-2H3,(H,16,17). The van der Waals surface area contributed by atoms with Crippen LogP contribution in [-0.4, -0.2) is 32.2 Å². The second-order valence-electron chi connectivity index (χ2n) is 4.51. The van der Waals surface area contributed by atoms with Gasteiger partial charge in [-0.3, -0.25) is 5.10 Å². The van der Waals surface area contributed by atoms with Crippen molar-refractivity contribution < 1.29 is 8.42 Å². The van der Waals surface area contributed by atoms with Crippen LogP contribution in [0.5, 0.6) is 0 Å². The van der Waals surface area contributed by atoms with Gasteiger partial charge >= 0.3 is 0 Å². The van der Waals surface area contributed by atoms with Gasteiger partial charge in [0.1, 0.15) is 4.90 Å². The Hall–Kier alpha value is -0.740. The van der Waals surface area contributed by atoms with Crippen molar-refractivity contribution in [3.05, 3.63) is 32.2 Å². The maximum absolute atomic E-state index is 12.4. The molecule has 0 fully saturated rings.